The van der Waals surface area contributed by atoms with Gasteiger partial charge in [0, 0.05) is 6.54 Å². The summed E-state index contributed by atoms with van der Waals surface area (Å²) in [6.07, 6.45) is 5.29. The molecule has 3 heteroatoms. The summed E-state index contributed by atoms with van der Waals surface area (Å²) in [6.45, 7) is 6.45. The fourth-order valence-electron chi connectivity index (χ4n) is 1.28. The molecule has 0 radical (unpaired) electrons. The first kappa shape index (κ1) is 14.0. The van der Waals surface area contributed by atoms with Gasteiger partial charge in [0.2, 0.25) is 0 Å². The molecule has 1 amide bonds. The fraction of sp³-hybridized carbons (Fsp3) is 0.267. The molecule has 1 aromatic rings. The van der Waals surface area contributed by atoms with Crippen LogP contribution in [-0.2, 0) is 11.3 Å². The normalized spacial score (nSPS) is 12.1. The lowest BCUT2D eigenvalue weighted by atomic mass is 10.2. The first-order chi connectivity index (χ1) is 8.72. The third kappa shape index (κ3) is 5.89. The van der Waals surface area contributed by atoms with Crippen molar-refractivity contribution in [1.29, 1.82) is 0 Å². The van der Waals surface area contributed by atoms with Crippen LogP contribution in [0.2, 0.25) is 0 Å². The van der Waals surface area contributed by atoms with E-state index < -0.39 is 6.09 Å². The summed E-state index contributed by atoms with van der Waals surface area (Å²) < 4.78 is 5.06. The van der Waals surface area contributed by atoms with E-state index in [0.717, 1.165) is 5.56 Å². The third-order valence-corrected chi connectivity index (χ3v) is 2.39. The lowest BCUT2D eigenvalue weighted by Crippen LogP contribution is -2.24. The van der Waals surface area contributed by atoms with Gasteiger partial charge in [-0.05, 0) is 11.5 Å². The molecule has 0 aromatic heterocycles. The van der Waals surface area contributed by atoms with E-state index in [2.05, 4.69) is 11.9 Å². The van der Waals surface area contributed by atoms with Crippen LogP contribution in [0.5, 0.6) is 0 Å². The van der Waals surface area contributed by atoms with E-state index in [0.29, 0.717) is 19.1 Å². The van der Waals surface area contributed by atoms with Crippen molar-refractivity contribution in [2.75, 3.05) is 6.54 Å². The van der Waals surface area contributed by atoms with Gasteiger partial charge in [0.1, 0.15) is 6.61 Å². The number of amides is 1. The Kier molecular flexibility index (Phi) is 6.33. The average molecular weight is 245 g/mol. The number of benzene rings is 1. The molecule has 0 fully saturated rings. The van der Waals surface area contributed by atoms with E-state index in [1.165, 1.54) is 0 Å². The van der Waals surface area contributed by atoms with Gasteiger partial charge in [-0.1, -0.05) is 55.5 Å². The third-order valence-electron chi connectivity index (χ3n) is 2.39. The van der Waals surface area contributed by atoms with E-state index in [1.807, 2.05) is 55.5 Å². The predicted octanol–water partition coefficient (Wildman–Crippen LogP) is 3.29. The highest BCUT2D eigenvalue weighted by Crippen LogP contribution is 2.00. The minimum atomic E-state index is -0.408. The summed E-state index contributed by atoms with van der Waals surface area (Å²) in [4.78, 5) is 11.3. The average Bonchev–Trinajstić information content (AvgIpc) is 2.42. The van der Waals surface area contributed by atoms with Gasteiger partial charge in [0.15, 0.2) is 0 Å². The largest absolute Gasteiger partial charge is 0.445 e. The van der Waals surface area contributed by atoms with Crippen LogP contribution in [0, 0.1) is 5.92 Å². The molecule has 1 N–H and O–H groups in total. The molecule has 0 spiro atoms. The van der Waals surface area contributed by atoms with Gasteiger partial charge in [-0.2, -0.15) is 0 Å². The molecule has 0 aliphatic heterocycles. The second-order valence-corrected chi connectivity index (χ2v) is 3.97. The molecule has 0 unspecified atom stereocenters. The topological polar surface area (TPSA) is 38.3 Å². The highest BCUT2D eigenvalue weighted by atomic mass is 16.5. The number of allylic oxidation sites excluding steroid dienone is 2. The predicted molar refractivity (Wildman–Crippen MR) is 73.1 cm³/mol. The summed E-state index contributed by atoms with van der Waals surface area (Å²) >= 11 is 0. The number of hydrogen-bond donors (Lipinski definition) is 1. The summed E-state index contributed by atoms with van der Waals surface area (Å²) in [6, 6.07) is 9.58. The Morgan fingerprint density at radius 2 is 2.17 bits per heavy atom. The SMILES string of the molecule is C=C[C@@H](C)/C=C/CNC(=O)OCc1ccccc1. The number of carbonyl (C=O) groups excluding carboxylic acids is 1. The van der Waals surface area contributed by atoms with Crippen molar-refractivity contribution in [1.82, 2.24) is 5.32 Å². The summed E-state index contributed by atoms with van der Waals surface area (Å²) in [5.74, 6) is 0.312. The van der Waals surface area contributed by atoms with Crippen molar-refractivity contribution in [3.05, 3.63) is 60.7 Å². The minimum absolute atomic E-state index is 0.291. The molecule has 3 nitrogen and oxygen atoms in total. The van der Waals surface area contributed by atoms with Crippen LogP contribution in [0.1, 0.15) is 12.5 Å². The lowest BCUT2D eigenvalue weighted by Gasteiger charge is -2.05. The number of nitrogens with one attached hydrogen (secondary N) is 1. The van der Waals surface area contributed by atoms with Gasteiger partial charge >= 0.3 is 6.09 Å². The van der Waals surface area contributed by atoms with Crippen molar-refractivity contribution < 1.29 is 9.53 Å². The number of rotatable bonds is 6. The standard InChI is InChI=1S/C15H19NO2/c1-3-13(2)8-7-11-16-15(17)18-12-14-9-5-4-6-10-14/h3-10,13H,1,11-12H2,2H3,(H,16,17)/b8-7+/t13-/m1/s1. The Morgan fingerprint density at radius 3 is 2.83 bits per heavy atom. The highest BCUT2D eigenvalue weighted by molar-refractivity contribution is 5.67. The van der Waals surface area contributed by atoms with Crippen molar-refractivity contribution in [3.63, 3.8) is 0 Å². The van der Waals surface area contributed by atoms with E-state index in [9.17, 15) is 4.79 Å². The van der Waals surface area contributed by atoms with Gasteiger partial charge in [-0.25, -0.2) is 4.79 Å². The second-order valence-electron chi connectivity index (χ2n) is 3.97. The molecule has 0 heterocycles. The minimum Gasteiger partial charge on any atom is -0.445 e. The first-order valence-electron chi connectivity index (χ1n) is 5.96. The second kappa shape index (κ2) is 8.12. The summed E-state index contributed by atoms with van der Waals surface area (Å²) in [5, 5.41) is 2.65. The zero-order valence-corrected chi connectivity index (χ0v) is 10.6. The monoisotopic (exact) mass is 245 g/mol. The highest BCUT2D eigenvalue weighted by Gasteiger charge is 2.00. The summed E-state index contributed by atoms with van der Waals surface area (Å²) in [7, 11) is 0. The van der Waals surface area contributed by atoms with Crippen LogP contribution in [0.15, 0.2) is 55.1 Å². The Labute approximate surface area is 108 Å². The van der Waals surface area contributed by atoms with E-state index in [-0.39, 0.29) is 0 Å². The first-order valence-corrected chi connectivity index (χ1v) is 5.96. The van der Waals surface area contributed by atoms with E-state index in [4.69, 9.17) is 4.74 Å². The number of ether oxygens (including phenoxy) is 1. The molecular formula is C15H19NO2. The lowest BCUT2D eigenvalue weighted by molar-refractivity contribution is 0.140. The maximum absolute atomic E-state index is 11.3. The zero-order chi connectivity index (χ0) is 13.2. The smallest absolute Gasteiger partial charge is 0.407 e. The van der Waals surface area contributed by atoms with Crippen molar-refractivity contribution in [2.24, 2.45) is 5.92 Å². The van der Waals surface area contributed by atoms with Crippen LogP contribution in [0.3, 0.4) is 0 Å². The molecule has 1 rings (SSSR count). The van der Waals surface area contributed by atoms with Gasteiger partial charge in [-0.3, -0.25) is 0 Å². The van der Waals surface area contributed by atoms with E-state index >= 15 is 0 Å². The molecule has 96 valence electrons. The Hall–Kier alpha value is -2.03. The molecular weight excluding hydrogens is 226 g/mol. The van der Waals surface area contributed by atoms with Crippen LogP contribution in [0.25, 0.3) is 0 Å². The molecule has 0 aliphatic carbocycles. The summed E-state index contributed by atoms with van der Waals surface area (Å²) in [5.41, 5.74) is 0.975. The molecule has 18 heavy (non-hydrogen) atoms. The van der Waals surface area contributed by atoms with Gasteiger partial charge in [0.25, 0.3) is 0 Å². The van der Waals surface area contributed by atoms with Gasteiger partial charge in [-0.15, -0.1) is 6.58 Å². The maximum Gasteiger partial charge on any atom is 0.407 e. The van der Waals surface area contributed by atoms with Crippen LogP contribution < -0.4 is 5.32 Å². The number of alkyl carbamates (subject to hydrolysis) is 1. The Balaban J connectivity index is 2.18. The maximum atomic E-state index is 11.3. The van der Waals surface area contributed by atoms with Crippen molar-refractivity contribution in [2.45, 2.75) is 13.5 Å². The molecule has 0 saturated heterocycles. The Morgan fingerprint density at radius 1 is 1.44 bits per heavy atom. The number of carbonyl (C=O) groups is 1. The van der Waals surface area contributed by atoms with Crippen LogP contribution in [-0.4, -0.2) is 12.6 Å². The molecule has 0 saturated carbocycles. The zero-order valence-electron chi connectivity index (χ0n) is 10.6. The molecule has 1 aromatic carbocycles. The van der Waals surface area contributed by atoms with Gasteiger partial charge < -0.3 is 10.1 Å². The van der Waals surface area contributed by atoms with Crippen molar-refractivity contribution >= 4 is 6.09 Å². The van der Waals surface area contributed by atoms with E-state index in [1.54, 1.807) is 0 Å². The molecule has 0 bridgehead atoms. The van der Waals surface area contributed by atoms with Crippen LogP contribution >= 0.6 is 0 Å². The molecule has 0 aliphatic rings. The quantitative estimate of drug-likeness (QED) is 0.781. The Bertz CT molecular complexity index is 398. The fourth-order valence-corrected chi connectivity index (χ4v) is 1.28. The van der Waals surface area contributed by atoms with Crippen molar-refractivity contribution in [3.8, 4) is 0 Å². The molecule has 1 atom stereocenters. The van der Waals surface area contributed by atoms with Crippen LogP contribution in [0.4, 0.5) is 4.79 Å². The van der Waals surface area contributed by atoms with Gasteiger partial charge in [0.05, 0.1) is 0 Å². The number of hydrogen-bond acceptors (Lipinski definition) is 2.